The summed E-state index contributed by atoms with van der Waals surface area (Å²) in [5.74, 6) is 1.54. The quantitative estimate of drug-likeness (QED) is 0.702. The van der Waals surface area contributed by atoms with Crippen molar-refractivity contribution in [1.29, 1.82) is 0 Å². The number of alkyl halides is 1. The lowest BCUT2D eigenvalue weighted by Gasteiger charge is -2.37. The molecule has 0 amide bonds. The first-order chi connectivity index (χ1) is 10.3. The molecule has 0 bridgehead atoms. The summed E-state index contributed by atoms with van der Waals surface area (Å²) in [6.45, 7) is 0.908. The molecule has 3 unspecified atom stereocenters. The van der Waals surface area contributed by atoms with Crippen molar-refractivity contribution in [3.05, 3.63) is 0 Å². The van der Waals surface area contributed by atoms with Gasteiger partial charge in [-0.3, -0.25) is 0 Å². The fourth-order valence-corrected chi connectivity index (χ4v) is 5.61. The molecule has 1 spiro atoms. The first-order valence-corrected chi connectivity index (χ1v) is 9.64. The molecule has 0 N–H and O–H groups in total. The van der Waals surface area contributed by atoms with Crippen LogP contribution in [0.2, 0.25) is 0 Å². The topological polar surface area (TPSA) is 18.5 Å². The maximum absolute atomic E-state index is 6.61. The minimum Gasteiger partial charge on any atom is -0.377 e. The average Bonchev–Trinajstić information content (AvgIpc) is 3.17. The van der Waals surface area contributed by atoms with Crippen molar-refractivity contribution in [2.45, 2.75) is 88.4 Å². The normalized spacial score (nSPS) is 42.7. The summed E-state index contributed by atoms with van der Waals surface area (Å²) in [7, 11) is 0. The van der Waals surface area contributed by atoms with E-state index in [1.54, 1.807) is 0 Å². The third-order valence-corrected chi connectivity index (χ3v) is 7.09. The molecule has 0 radical (unpaired) electrons. The number of hydrogen-bond acceptors (Lipinski definition) is 2. The van der Waals surface area contributed by atoms with Crippen LogP contribution >= 0.6 is 11.6 Å². The van der Waals surface area contributed by atoms with Crippen molar-refractivity contribution >= 4 is 11.6 Å². The standard InChI is InChI=1S/C18H29ClO2/c19-13-17(10-11-20-16(17)14-4-5-14)12-15-6-9-18(21-15)7-2-1-3-8-18/h14-16H,1-13H2. The molecule has 2 nitrogen and oxygen atoms in total. The highest BCUT2D eigenvalue weighted by Crippen LogP contribution is 2.53. The minimum atomic E-state index is 0.202. The van der Waals surface area contributed by atoms with Crippen LogP contribution in [0.25, 0.3) is 0 Å². The van der Waals surface area contributed by atoms with Crippen molar-refractivity contribution in [2.24, 2.45) is 11.3 Å². The summed E-state index contributed by atoms with van der Waals surface area (Å²) in [6, 6.07) is 0. The lowest BCUT2D eigenvalue weighted by Crippen LogP contribution is -2.39. The largest absolute Gasteiger partial charge is 0.377 e. The van der Waals surface area contributed by atoms with Crippen LogP contribution in [-0.4, -0.2) is 30.3 Å². The zero-order valence-corrected chi connectivity index (χ0v) is 13.9. The fraction of sp³-hybridized carbons (Fsp3) is 1.00. The molecule has 120 valence electrons. The third-order valence-electron chi connectivity index (χ3n) is 6.55. The zero-order chi connectivity index (χ0) is 14.3. The average molecular weight is 313 g/mol. The number of rotatable bonds is 4. The Morgan fingerprint density at radius 1 is 0.952 bits per heavy atom. The number of halogens is 1. The monoisotopic (exact) mass is 312 g/mol. The van der Waals surface area contributed by atoms with Crippen molar-refractivity contribution in [2.75, 3.05) is 12.5 Å². The van der Waals surface area contributed by atoms with Crippen LogP contribution in [0.1, 0.15) is 70.6 Å². The molecular formula is C18H29ClO2. The Hall–Kier alpha value is 0.210. The second kappa shape index (κ2) is 5.69. The van der Waals surface area contributed by atoms with Crippen molar-refractivity contribution in [1.82, 2.24) is 0 Å². The van der Waals surface area contributed by atoms with Crippen LogP contribution in [0, 0.1) is 11.3 Å². The van der Waals surface area contributed by atoms with Gasteiger partial charge in [0.1, 0.15) is 0 Å². The van der Waals surface area contributed by atoms with E-state index in [9.17, 15) is 0 Å². The smallest absolute Gasteiger partial charge is 0.0687 e. The van der Waals surface area contributed by atoms with Gasteiger partial charge >= 0.3 is 0 Å². The maximum Gasteiger partial charge on any atom is 0.0687 e. The molecule has 4 fully saturated rings. The van der Waals surface area contributed by atoms with E-state index in [1.165, 1.54) is 57.8 Å². The molecule has 0 aromatic rings. The highest BCUT2D eigenvalue weighted by Gasteiger charge is 2.53. The second-order valence-electron chi connectivity index (χ2n) is 8.10. The predicted molar refractivity (Wildman–Crippen MR) is 84.8 cm³/mol. The van der Waals surface area contributed by atoms with E-state index in [0.717, 1.165) is 31.2 Å². The van der Waals surface area contributed by atoms with E-state index in [-0.39, 0.29) is 11.0 Å². The van der Waals surface area contributed by atoms with E-state index < -0.39 is 0 Å². The Kier molecular flexibility index (Phi) is 4.00. The van der Waals surface area contributed by atoms with Crippen LogP contribution in [0.4, 0.5) is 0 Å². The Bertz CT molecular complexity index is 375. The van der Waals surface area contributed by atoms with Crippen LogP contribution < -0.4 is 0 Å². The van der Waals surface area contributed by atoms with Crippen LogP contribution in [0.5, 0.6) is 0 Å². The SMILES string of the molecule is ClCC1(CC2CCC3(CCCCC3)O2)CCOC1C1CC1. The molecule has 2 saturated heterocycles. The zero-order valence-electron chi connectivity index (χ0n) is 13.1. The Morgan fingerprint density at radius 3 is 2.48 bits per heavy atom. The molecule has 2 saturated carbocycles. The molecule has 0 aromatic heterocycles. The Morgan fingerprint density at radius 2 is 1.76 bits per heavy atom. The van der Waals surface area contributed by atoms with Crippen molar-refractivity contribution in [3.8, 4) is 0 Å². The fourth-order valence-electron chi connectivity index (χ4n) is 5.22. The van der Waals surface area contributed by atoms with Gasteiger partial charge in [-0.1, -0.05) is 19.3 Å². The van der Waals surface area contributed by atoms with Crippen molar-refractivity contribution in [3.63, 3.8) is 0 Å². The van der Waals surface area contributed by atoms with E-state index >= 15 is 0 Å². The van der Waals surface area contributed by atoms with E-state index in [4.69, 9.17) is 21.1 Å². The molecule has 2 aliphatic heterocycles. The van der Waals surface area contributed by atoms with Gasteiger partial charge in [0.2, 0.25) is 0 Å². The van der Waals surface area contributed by atoms with Gasteiger partial charge < -0.3 is 9.47 Å². The number of hydrogen-bond donors (Lipinski definition) is 0. The molecule has 3 atom stereocenters. The second-order valence-corrected chi connectivity index (χ2v) is 8.37. The highest BCUT2D eigenvalue weighted by molar-refractivity contribution is 6.18. The van der Waals surface area contributed by atoms with E-state index in [0.29, 0.717) is 12.2 Å². The number of ether oxygens (including phenoxy) is 2. The summed E-state index contributed by atoms with van der Waals surface area (Å²) in [6.07, 6.45) is 15.1. The van der Waals surface area contributed by atoms with Gasteiger partial charge in [-0.25, -0.2) is 0 Å². The van der Waals surface area contributed by atoms with Crippen molar-refractivity contribution < 1.29 is 9.47 Å². The summed E-state index contributed by atoms with van der Waals surface area (Å²) >= 11 is 6.45. The predicted octanol–water partition coefficient (Wildman–Crippen LogP) is 4.68. The maximum atomic E-state index is 6.61. The van der Waals surface area contributed by atoms with E-state index in [1.807, 2.05) is 0 Å². The third kappa shape index (κ3) is 2.77. The van der Waals surface area contributed by atoms with Gasteiger partial charge in [0.25, 0.3) is 0 Å². The van der Waals surface area contributed by atoms with E-state index in [2.05, 4.69) is 0 Å². The van der Waals surface area contributed by atoms with Gasteiger partial charge in [-0.05, 0) is 57.3 Å². The molecule has 4 aliphatic rings. The lowest BCUT2D eigenvalue weighted by molar-refractivity contribution is -0.0826. The van der Waals surface area contributed by atoms with Crippen LogP contribution in [0.3, 0.4) is 0 Å². The summed E-state index contributed by atoms with van der Waals surface area (Å²) in [4.78, 5) is 0. The molecule has 2 heterocycles. The van der Waals surface area contributed by atoms with Crippen LogP contribution in [-0.2, 0) is 9.47 Å². The van der Waals surface area contributed by atoms with Crippen LogP contribution in [0.15, 0.2) is 0 Å². The summed E-state index contributed by atoms with van der Waals surface area (Å²) < 4.78 is 12.7. The van der Waals surface area contributed by atoms with Gasteiger partial charge in [-0.2, -0.15) is 0 Å². The first kappa shape index (κ1) is 14.8. The summed E-state index contributed by atoms with van der Waals surface area (Å²) in [5.41, 5.74) is 0.443. The highest BCUT2D eigenvalue weighted by atomic mass is 35.5. The molecule has 21 heavy (non-hydrogen) atoms. The molecular weight excluding hydrogens is 284 g/mol. The van der Waals surface area contributed by atoms with Gasteiger partial charge in [0.15, 0.2) is 0 Å². The summed E-state index contributed by atoms with van der Waals surface area (Å²) in [5, 5.41) is 0. The minimum absolute atomic E-state index is 0.202. The molecule has 0 aromatic carbocycles. The van der Waals surface area contributed by atoms with Gasteiger partial charge in [0, 0.05) is 17.9 Å². The molecule has 2 aliphatic carbocycles. The molecule has 3 heteroatoms. The molecule has 4 rings (SSSR count). The Labute approximate surface area is 133 Å². The lowest BCUT2D eigenvalue weighted by atomic mass is 9.75. The van der Waals surface area contributed by atoms with Gasteiger partial charge in [-0.15, -0.1) is 11.6 Å². The first-order valence-electron chi connectivity index (χ1n) is 9.11. The van der Waals surface area contributed by atoms with Gasteiger partial charge in [0.05, 0.1) is 17.8 Å². The Balaban J connectivity index is 1.42.